The fraction of sp³-hybridized carbons (Fsp3) is 0.333. The van der Waals surface area contributed by atoms with Crippen LogP contribution in [0, 0.1) is 10.1 Å². The molecular formula is C21H25N3O5. The number of hydrogen-bond acceptors (Lipinski definition) is 5. The number of hydrazine groups is 1. The van der Waals surface area contributed by atoms with Crippen molar-refractivity contribution in [3.8, 4) is 5.75 Å². The maximum atomic E-state index is 12.2. The molecule has 0 spiro atoms. The predicted octanol–water partition coefficient (Wildman–Crippen LogP) is 4.02. The summed E-state index contributed by atoms with van der Waals surface area (Å²) in [5.74, 6) is -0.474. The highest BCUT2D eigenvalue weighted by molar-refractivity contribution is 5.99. The van der Waals surface area contributed by atoms with Gasteiger partial charge in [-0.05, 0) is 36.8 Å². The summed E-state index contributed by atoms with van der Waals surface area (Å²) in [6.07, 6.45) is 5.78. The zero-order chi connectivity index (χ0) is 21.1. The minimum absolute atomic E-state index is 0.0715. The van der Waals surface area contributed by atoms with Crippen molar-refractivity contribution in [3.05, 3.63) is 69.8 Å². The number of nitrogens with one attached hydrogen (secondary N) is 2. The summed E-state index contributed by atoms with van der Waals surface area (Å²) in [6.45, 7) is 2.81. The molecule has 2 aromatic carbocycles. The van der Waals surface area contributed by atoms with Crippen molar-refractivity contribution in [3.63, 3.8) is 0 Å². The lowest BCUT2D eigenvalue weighted by atomic mass is 10.2. The van der Waals surface area contributed by atoms with E-state index < -0.39 is 16.7 Å². The molecule has 0 atom stereocenters. The number of rotatable bonds is 10. The lowest BCUT2D eigenvalue weighted by Gasteiger charge is -2.09. The number of nitro groups is 1. The summed E-state index contributed by atoms with van der Waals surface area (Å²) >= 11 is 0. The van der Waals surface area contributed by atoms with Gasteiger partial charge in [-0.2, -0.15) is 0 Å². The number of nitro benzene ring substituents is 1. The quantitative estimate of drug-likeness (QED) is 0.356. The van der Waals surface area contributed by atoms with E-state index in [-0.39, 0.29) is 11.3 Å². The van der Waals surface area contributed by atoms with E-state index in [1.54, 1.807) is 24.3 Å². The van der Waals surface area contributed by atoms with Gasteiger partial charge in [0.05, 0.1) is 11.5 Å². The number of carbonyl (C=O) groups is 2. The zero-order valence-electron chi connectivity index (χ0n) is 16.3. The third-order valence-electron chi connectivity index (χ3n) is 4.24. The molecule has 154 valence electrons. The highest BCUT2D eigenvalue weighted by Crippen LogP contribution is 2.14. The molecule has 0 aliphatic carbocycles. The van der Waals surface area contributed by atoms with Crippen molar-refractivity contribution in [1.29, 1.82) is 0 Å². The van der Waals surface area contributed by atoms with E-state index >= 15 is 0 Å². The van der Waals surface area contributed by atoms with Crippen molar-refractivity contribution in [1.82, 2.24) is 10.9 Å². The highest BCUT2D eigenvalue weighted by atomic mass is 16.6. The summed E-state index contributed by atoms with van der Waals surface area (Å²) in [6, 6.07) is 11.8. The average molecular weight is 399 g/mol. The molecule has 0 saturated heterocycles. The third kappa shape index (κ3) is 7.25. The summed E-state index contributed by atoms with van der Waals surface area (Å²) in [7, 11) is 0. The molecule has 2 rings (SSSR count). The van der Waals surface area contributed by atoms with E-state index in [4.69, 9.17) is 4.74 Å². The molecule has 8 heteroatoms. The van der Waals surface area contributed by atoms with Crippen LogP contribution in [0.4, 0.5) is 5.69 Å². The maximum Gasteiger partial charge on any atom is 0.270 e. The Morgan fingerprint density at radius 1 is 0.931 bits per heavy atom. The first-order valence-electron chi connectivity index (χ1n) is 9.59. The lowest BCUT2D eigenvalue weighted by Crippen LogP contribution is -2.41. The van der Waals surface area contributed by atoms with Gasteiger partial charge in [0.2, 0.25) is 0 Å². The molecule has 0 fully saturated rings. The average Bonchev–Trinajstić information content (AvgIpc) is 2.74. The molecule has 0 radical (unpaired) electrons. The van der Waals surface area contributed by atoms with E-state index in [0.717, 1.165) is 18.9 Å². The number of non-ortho nitro benzene ring substituents is 1. The lowest BCUT2D eigenvalue weighted by molar-refractivity contribution is -0.384. The van der Waals surface area contributed by atoms with Crippen LogP contribution < -0.4 is 15.6 Å². The van der Waals surface area contributed by atoms with Gasteiger partial charge in [-0.1, -0.05) is 38.7 Å². The van der Waals surface area contributed by atoms with Crippen LogP contribution in [0.15, 0.2) is 48.5 Å². The second-order valence-electron chi connectivity index (χ2n) is 6.50. The van der Waals surface area contributed by atoms with Gasteiger partial charge in [0.25, 0.3) is 17.5 Å². The van der Waals surface area contributed by atoms with Gasteiger partial charge in [0, 0.05) is 23.3 Å². The van der Waals surface area contributed by atoms with Crippen LogP contribution in [-0.2, 0) is 0 Å². The highest BCUT2D eigenvalue weighted by Gasteiger charge is 2.13. The number of unbranched alkanes of at least 4 members (excludes halogenated alkanes) is 4. The number of benzene rings is 2. The van der Waals surface area contributed by atoms with Crippen LogP contribution in [0.2, 0.25) is 0 Å². The molecule has 0 unspecified atom stereocenters. The van der Waals surface area contributed by atoms with Crippen LogP contribution in [0.3, 0.4) is 0 Å². The van der Waals surface area contributed by atoms with E-state index in [9.17, 15) is 19.7 Å². The van der Waals surface area contributed by atoms with Crippen molar-refractivity contribution in [2.75, 3.05) is 6.61 Å². The van der Waals surface area contributed by atoms with Crippen LogP contribution in [-0.4, -0.2) is 23.3 Å². The topological polar surface area (TPSA) is 111 Å². The maximum absolute atomic E-state index is 12.2. The minimum Gasteiger partial charge on any atom is -0.494 e. The largest absolute Gasteiger partial charge is 0.494 e. The Balaban J connectivity index is 1.79. The molecule has 0 aromatic heterocycles. The molecule has 8 nitrogen and oxygen atoms in total. The van der Waals surface area contributed by atoms with Gasteiger partial charge in [-0.3, -0.25) is 30.6 Å². The number of amides is 2. The SMILES string of the molecule is CCCCCCCOc1ccc(C(=O)NNC(=O)c2cccc([N+](=O)[O-])c2)cc1. The molecular weight excluding hydrogens is 374 g/mol. The fourth-order valence-electron chi connectivity index (χ4n) is 2.62. The molecule has 2 amide bonds. The number of nitrogens with zero attached hydrogens (tertiary/aromatic N) is 1. The number of hydrogen-bond donors (Lipinski definition) is 2. The van der Waals surface area contributed by atoms with Gasteiger partial charge in [0.15, 0.2) is 0 Å². The molecule has 0 saturated carbocycles. The molecule has 0 aliphatic rings. The smallest absolute Gasteiger partial charge is 0.270 e. The minimum atomic E-state index is -0.648. The van der Waals surface area contributed by atoms with Crippen molar-refractivity contribution in [2.45, 2.75) is 39.0 Å². The van der Waals surface area contributed by atoms with E-state index in [0.29, 0.717) is 17.9 Å². The summed E-state index contributed by atoms with van der Waals surface area (Å²) in [4.78, 5) is 34.4. The van der Waals surface area contributed by atoms with Gasteiger partial charge >= 0.3 is 0 Å². The Kier molecular flexibility index (Phi) is 8.62. The van der Waals surface area contributed by atoms with Crippen molar-refractivity contribution in [2.24, 2.45) is 0 Å². The standard InChI is InChI=1S/C21H25N3O5/c1-2-3-4-5-6-14-29-19-12-10-16(11-13-19)20(25)22-23-21(26)17-8-7-9-18(15-17)24(27)28/h7-13,15H,2-6,14H2,1H3,(H,22,25)(H,23,26). The van der Waals surface area contributed by atoms with Gasteiger partial charge in [-0.25, -0.2) is 0 Å². The van der Waals surface area contributed by atoms with Crippen molar-refractivity contribution >= 4 is 17.5 Å². The normalized spacial score (nSPS) is 10.2. The molecule has 0 bridgehead atoms. The van der Waals surface area contributed by atoms with E-state index in [2.05, 4.69) is 17.8 Å². The molecule has 29 heavy (non-hydrogen) atoms. The van der Waals surface area contributed by atoms with Crippen molar-refractivity contribution < 1.29 is 19.2 Å². The van der Waals surface area contributed by atoms with Gasteiger partial charge < -0.3 is 4.74 Å². The van der Waals surface area contributed by atoms with Gasteiger partial charge in [-0.15, -0.1) is 0 Å². The van der Waals surface area contributed by atoms with Gasteiger partial charge in [0.1, 0.15) is 5.75 Å². The summed E-state index contributed by atoms with van der Waals surface area (Å²) in [5.41, 5.74) is 4.75. The summed E-state index contributed by atoms with van der Waals surface area (Å²) in [5, 5.41) is 10.8. The van der Waals surface area contributed by atoms with E-state index in [1.165, 1.54) is 37.5 Å². The molecule has 0 heterocycles. The second kappa shape index (κ2) is 11.4. The first-order valence-corrected chi connectivity index (χ1v) is 9.59. The molecule has 2 aromatic rings. The van der Waals surface area contributed by atoms with E-state index in [1.807, 2.05) is 0 Å². The Morgan fingerprint density at radius 2 is 1.59 bits per heavy atom. The fourth-order valence-corrected chi connectivity index (χ4v) is 2.62. The first-order chi connectivity index (χ1) is 14.0. The molecule has 2 N–H and O–H groups in total. The van der Waals surface area contributed by atoms with Crippen LogP contribution >= 0.6 is 0 Å². The zero-order valence-corrected chi connectivity index (χ0v) is 16.3. The number of carbonyl (C=O) groups excluding carboxylic acids is 2. The Morgan fingerprint density at radius 3 is 2.24 bits per heavy atom. The number of ether oxygens (including phenoxy) is 1. The Bertz CT molecular complexity index is 836. The first kappa shape index (κ1) is 21.9. The Hall–Kier alpha value is -3.42. The third-order valence-corrected chi connectivity index (χ3v) is 4.24. The second-order valence-corrected chi connectivity index (χ2v) is 6.50. The predicted molar refractivity (Wildman–Crippen MR) is 109 cm³/mol. The van der Waals surface area contributed by atoms with Crippen LogP contribution in [0.25, 0.3) is 0 Å². The Labute approximate surface area is 169 Å². The van der Waals surface area contributed by atoms with Crippen LogP contribution in [0.5, 0.6) is 5.75 Å². The summed E-state index contributed by atoms with van der Waals surface area (Å²) < 4.78 is 5.65. The monoisotopic (exact) mass is 399 g/mol. The molecule has 0 aliphatic heterocycles. The van der Waals surface area contributed by atoms with Crippen LogP contribution in [0.1, 0.15) is 59.7 Å².